The Bertz CT molecular complexity index is 1220. The predicted octanol–water partition coefficient (Wildman–Crippen LogP) is -4.27. The van der Waals surface area contributed by atoms with Gasteiger partial charge in [0.1, 0.15) is 11.5 Å². The van der Waals surface area contributed by atoms with Gasteiger partial charge in [-0.15, -0.1) is 0 Å². The van der Waals surface area contributed by atoms with Crippen LogP contribution in [0.4, 0.5) is 0 Å². The van der Waals surface area contributed by atoms with Gasteiger partial charge in [0, 0.05) is 28.7 Å². The van der Waals surface area contributed by atoms with Gasteiger partial charge in [-0.25, -0.2) is 0 Å². The van der Waals surface area contributed by atoms with Gasteiger partial charge >= 0.3 is 37.7 Å². The summed E-state index contributed by atoms with van der Waals surface area (Å²) in [5, 5.41) is 46.5. The molecule has 0 aliphatic carbocycles. The summed E-state index contributed by atoms with van der Waals surface area (Å²) in [7, 11) is 0. The van der Waals surface area contributed by atoms with E-state index in [1.54, 1.807) is 48.5 Å². The van der Waals surface area contributed by atoms with Gasteiger partial charge < -0.3 is 30.0 Å². The number of fused-ring (bicyclic) bond motifs is 2. The van der Waals surface area contributed by atoms with Gasteiger partial charge in [-0.05, 0) is 33.7 Å². The number of carbonyl (C=O) groups is 2. The van der Waals surface area contributed by atoms with Crippen LogP contribution in [0.5, 0.6) is 11.5 Å². The smallest absolute Gasteiger partial charge is 0.545 e. The number of benzene rings is 4. The first-order valence-corrected chi connectivity index (χ1v) is 8.78. The average Bonchev–Trinajstić information content (AvgIpc) is 2.70. The minimum absolute atomic E-state index is 0. The van der Waals surface area contributed by atoms with Crippen molar-refractivity contribution in [2.24, 2.45) is 0 Å². The molecule has 0 fully saturated rings. The summed E-state index contributed by atoms with van der Waals surface area (Å²) in [4.78, 5) is 23.0. The molecule has 0 atom stereocenters. The van der Waals surface area contributed by atoms with Crippen molar-refractivity contribution in [2.75, 3.05) is 0 Å². The Morgan fingerprint density at radius 1 is 0.677 bits per heavy atom. The molecular formula is C23H14Li2O6. The van der Waals surface area contributed by atoms with E-state index in [1.807, 2.05) is 0 Å². The third-order valence-corrected chi connectivity index (χ3v) is 5.05. The molecule has 0 heterocycles. The van der Waals surface area contributed by atoms with E-state index in [2.05, 4.69) is 0 Å². The molecule has 8 heteroatoms. The van der Waals surface area contributed by atoms with Crippen molar-refractivity contribution in [1.82, 2.24) is 0 Å². The number of aromatic carboxylic acids is 2. The van der Waals surface area contributed by atoms with Crippen LogP contribution in [0.25, 0.3) is 21.5 Å². The number of carboxylic acids is 2. The normalized spacial score (nSPS) is 10.3. The summed E-state index contributed by atoms with van der Waals surface area (Å²) >= 11 is 0. The zero-order valence-electron chi connectivity index (χ0n) is 17.0. The van der Waals surface area contributed by atoms with Crippen molar-refractivity contribution >= 4 is 33.5 Å². The van der Waals surface area contributed by atoms with Gasteiger partial charge in [0.15, 0.2) is 0 Å². The van der Waals surface area contributed by atoms with E-state index in [0.29, 0.717) is 21.5 Å². The molecule has 4 aromatic rings. The van der Waals surface area contributed by atoms with E-state index in [1.165, 1.54) is 12.1 Å². The van der Waals surface area contributed by atoms with Crippen molar-refractivity contribution in [1.29, 1.82) is 0 Å². The molecule has 0 spiro atoms. The van der Waals surface area contributed by atoms with Gasteiger partial charge in [0.25, 0.3) is 0 Å². The Balaban J connectivity index is 0.00000171. The monoisotopic (exact) mass is 400 g/mol. The van der Waals surface area contributed by atoms with Crippen molar-refractivity contribution in [3.8, 4) is 11.5 Å². The largest absolute Gasteiger partial charge is 1.00 e. The number of phenols is 2. The SMILES string of the molecule is O=C([O-])c1cc2ccccc2c(Cc2c(O)c(C(=O)[O-])cc3ccccc23)c1O.[Li+].[Li+]. The van der Waals surface area contributed by atoms with Crippen molar-refractivity contribution in [3.05, 3.63) is 82.9 Å². The number of rotatable bonds is 4. The number of hydrogen-bond acceptors (Lipinski definition) is 6. The van der Waals surface area contributed by atoms with Crippen LogP contribution in [0.3, 0.4) is 0 Å². The minimum Gasteiger partial charge on any atom is -0.545 e. The Morgan fingerprint density at radius 3 is 1.39 bits per heavy atom. The molecule has 0 saturated heterocycles. The summed E-state index contributed by atoms with van der Waals surface area (Å²) in [5.74, 6) is -4.03. The van der Waals surface area contributed by atoms with E-state index in [0.717, 1.165) is 0 Å². The fraction of sp³-hybridized carbons (Fsp3) is 0.0435. The van der Waals surface area contributed by atoms with Crippen LogP contribution >= 0.6 is 0 Å². The first-order valence-electron chi connectivity index (χ1n) is 8.78. The molecule has 0 amide bonds. The van der Waals surface area contributed by atoms with Crippen LogP contribution < -0.4 is 47.9 Å². The third-order valence-electron chi connectivity index (χ3n) is 5.05. The molecule has 2 N–H and O–H groups in total. The molecule has 0 aliphatic heterocycles. The van der Waals surface area contributed by atoms with Crippen molar-refractivity contribution < 1.29 is 67.7 Å². The molecule has 6 nitrogen and oxygen atoms in total. The first-order chi connectivity index (χ1) is 13.9. The Hall–Kier alpha value is -2.87. The zero-order valence-corrected chi connectivity index (χ0v) is 17.0. The van der Waals surface area contributed by atoms with E-state index < -0.39 is 23.4 Å². The maximum Gasteiger partial charge on any atom is 1.00 e. The van der Waals surface area contributed by atoms with Crippen LogP contribution in [-0.4, -0.2) is 22.2 Å². The minimum atomic E-state index is -1.54. The second-order valence-corrected chi connectivity index (χ2v) is 6.70. The number of aromatic hydroxyl groups is 2. The zero-order chi connectivity index (χ0) is 20.7. The van der Waals surface area contributed by atoms with E-state index >= 15 is 0 Å². The third kappa shape index (κ3) is 4.30. The molecule has 0 unspecified atom stereocenters. The van der Waals surface area contributed by atoms with Crippen molar-refractivity contribution in [2.45, 2.75) is 6.42 Å². The quantitative estimate of drug-likeness (QED) is 0.335. The van der Waals surface area contributed by atoms with Crippen LogP contribution in [0.1, 0.15) is 31.8 Å². The summed E-state index contributed by atoms with van der Waals surface area (Å²) in [6.45, 7) is 0. The molecule has 0 aliphatic rings. The van der Waals surface area contributed by atoms with Gasteiger partial charge in [0.2, 0.25) is 0 Å². The van der Waals surface area contributed by atoms with E-state index in [4.69, 9.17) is 0 Å². The van der Waals surface area contributed by atoms with Gasteiger partial charge in [-0.3, -0.25) is 0 Å². The Morgan fingerprint density at radius 2 is 1.03 bits per heavy atom. The fourth-order valence-corrected chi connectivity index (χ4v) is 3.67. The van der Waals surface area contributed by atoms with Crippen molar-refractivity contribution in [3.63, 3.8) is 0 Å². The Kier molecular flexibility index (Phi) is 7.49. The van der Waals surface area contributed by atoms with Crippen LogP contribution in [0, 0.1) is 0 Å². The summed E-state index contributed by atoms with van der Waals surface area (Å²) in [5.41, 5.74) is -0.256. The number of carbonyl (C=O) groups excluding carboxylic acids is 2. The second kappa shape index (κ2) is 9.51. The first kappa shape index (κ1) is 24.4. The summed E-state index contributed by atoms with van der Waals surface area (Å²) < 4.78 is 0. The fourth-order valence-electron chi connectivity index (χ4n) is 3.67. The predicted molar refractivity (Wildman–Crippen MR) is 103 cm³/mol. The maximum absolute atomic E-state index is 11.5. The molecule has 0 aromatic heterocycles. The topological polar surface area (TPSA) is 121 Å². The van der Waals surface area contributed by atoms with Gasteiger partial charge in [0.05, 0.1) is 11.9 Å². The molecule has 144 valence electrons. The Labute approximate surface area is 201 Å². The number of carboxylic acid groups (broad SMARTS) is 2. The summed E-state index contributed by atoms with van der Waals surface area (Å²) in [6.07, 6.45) is -0.0963. The molecule has 4 rings (SSSR count). The van der Waals surface area contributed by atoms with Crippen LogP contribution in [0.15, 0.2) is 60.7 Å². The second-order valence-electron chi connectivity index (χ2n) is 6.70. The summed E-state index contributed by atoms with van der Waals surface area (Å²) in [6, 6.07) is 16.4. The molecule has 0 saturated carbocycles. The maximum atomic E-state index is 11.5. The van der Waals surface area contributed by atoms with Crippen LogP contribution in [-0.2, 0) is 6.42 Å². The average molecular weight is 400 g/mol. The molecule has 0 radical (unpaired) electrons. The molecule has 31 heavy (non-hydrogen) atoms. The van der Waals surface area contributed by atoms with E-state index in [-0.39, 0.29) is 66.4 Å². The molecule has 4 aromatic carbocycles. The van der Waals surface area contributed by atoms with E-state index in [9.17, 15) is 30.0 Å². The standard InChI is InChI=1S/C23H16O6.2Li/c24-20-16(14-7-3-1-5-12(14)9-18(20)22(26)27)11-17-15-8-4-2-6-13(15)10-19(21(17)25)23(28)29;;/h1-10,24-25H,11H2,(H,26,27)(H,28,29);;/q;2*+1/p-2. The molecular weight excluding hydrogens is 386 g/mol. The molecule has 0 bridgehead atoms. The van der Waals surface area contributed by atoms with Gasteiger partial charge in [-0.2, -0.15) is 0 Å². The van der Waals surface area contributed by atoms with Crippen LogP contribution in [0.2, 0.25) is 0 Å². The number of hydrogen-bond donors (Lipinski definition) is 2. The van der Waals surface area contributed by atoms with Gasteiger partial charge in [-0.1, -0.05) is 48.5 Å².